The molecule has 9 nitrogen and oxygen atoms in total. The number of aromatic nitrogens is 4. The van der Waals surface area contributed by atoms with E-state index in [1.807, 2.05) is 13.0 Å². The van der Waals surface area contributed by atoms with Gasteiger partial charge in [-0.2, -0.15) is 0 Å². The molecule has 0 aliphatic heterocycles. The number of carbonyl (C=O) groups is 1. The maximum absolute atomic E-state index is 11.9. The molecule has 1 fully saturated rings. The van der Waals surface area contributed by atoms with Gasteiger partial charge in [0.1, 0.15) is 11.3 Å². The number of ether oxygens (including phenoxy) is 1. The highest BCUT2D eigenvalue weighted by atomic mass is 16.5. The number of fused-ring (bicyclic) bond motifs is 1. The third-order valence-corrected chi connectivity index (χ3v) is 5.35. The Hall–Kier alpha value is -3.20. The van der Waals surface area contributed by atoms with Crippen molar-refractivity contribution in [1.82, 2.24) is 24.8 Å². The van der Waals surface area contributed by atoms with Crippen LogP contribution in [0.1, 0.15) is 30.8 Å². The summed E-state index contributed by atoms with van der Waals surface area (Å²) >= 11 is 0. The van der Waals surface area contributed by atoms with Gasteiger partial charge in [0.25, 0.3) is 0 Å². The van der Waals surface area contributed by atoms with Crippen LogP contribution in [0.3, 0.4) is 0 Å². The summed E-state index contributed by atoms with van der Waals surface area (Å²) in [6.07, 6.45) is 8.00. The second-order valence-corrected chi connectivity index (χ2v) is 7.91. The summed E-state index contributed by atoms with van der Waals surface area (Å²) in [5.41, 5.74) is 9.42. The summed E-state index contributed by atoms with van der Waals surface area (Å²) < 4.78 is 7.96. The number of nitrogens with zero attached hydrogens (tertiary/aromatic N) is 4. The molecule has 1 aliphatic carbocycles. The molecule has 2 amide bonds. The number of hydrogen-bond donors (Lipinski definition) is 3. The van der Waals surface area contributed by atoms with Crippen molar-refractivity contribution in [3.05, 3.63) is 42.1 Å². The first-order valence-electron chi connectivity index (χ1n) is 10.7. The Labute approximate surface area is 181 Å². The van der Waals surface area contributed by atoms with Gasteiger partial charge in [-0.3, -0.25) is 4.98 Å². The summed E-state index contributed by atoms with van der Waals surface area (Å²) in [6, 6.07) is 5.30. The van der Waals surface area contributed by atoms with Crippen LogP contribution < -0.4 is 16.4 Å². The number of aryl methyl sites for hydroxylation is 2. The van der Waals surface area contributed by atoms with E-state index in [0.29, 0.717) is 37.8 Å². The SMILES string of the molecule is Cc1cc2c(nc(CCC3CC3)n2CCOCCNC(=O)Nc2cccnc2)c(N)n1. The lowest BCUT2D eigenvalue weighted by atomic mass is 10.2. The maximum atomic E-state index is 11.9. The van der Waals surface area contributed by atoms with Gasteiger partial charge in [0, 0.05) is 31.4 Å². The van der Waals surface area contributed by atoms with Crippen LogP contribution in [-0.4, -0.2) is 45.3 Å². The van der Waals surface area contributed by atoms with E-state index >= 15 is 0 Å². The largest absolute Gasteiger partial charge is 0.382 e. The van der Waals surface area contributed by atoms with Gasteiger partial charge in [0.15, 0.2) is 5.82 Å². The van der Waals surface area contributed by atoms with Crippen molar-refractivity contribution in [3.8, 4) is 0 Å². The number of nitrogens with one attached hydrogen (secondary N) is 2. The van der Waals surface area contributed by atoms with Gasteiger partial charge in [-0.25, -0.2) is 14.8 Å². The summed E-state index contributed by atoms with van der Waals surface area (Å²) in [5.74, 6) is 2.36. The standard InChI is InChI=1S/C22H29N7O2/c1-15-13-18-20(21(23)26-15)28-19(7-6-16-4-5-16)29(18)10-12-31-11-9-25-22(30)27-17-3-2-8-24-14-17/h2-3,8,13-14,16H,4-7,9-12H2,1H3,(H2,23,26)(H2,25,27,30). The number of rotatable bonds is 10. The highest BCUT2D eigenvalue weighted by Gasteiger charge is 2.22. The maximum Gasteiger partial charge on any atom is 0.319 e. The Morgan fingerprint density at radius 3 is 2.97 bits per heavy atom. The number of imidazole rings is 1. The molecule has 3 aromatic rings. The van der Waals surface area contributed by atoms with E-state index < -0.39 is 0 Å². The van der Waals surface area contributed by atoms with E-state index in [9.17, 15) is 4.79 Å². The van der Waals surface area contributed by atoms with Gasteiger partial charge in [0.2, 0.25) is 0 Å². The van der Waals surface area contributed by atoms with Crippen LogP contribution in [0, 0.1) is 12.8 Å². The van der Waals surface area contributed by atoms with Crippen molar-refractivity contribution in [2.45, 2.75) is 39.2 Å². The highest BCUT2D eigenvalue weighted by Crippen LogP contribution is 2.34. The zero-order valence-corrected chi connectivity index (χ0v) is 17.8. The van der Waals surface area contributed by atoms with E-state index in [4.69, 9.17) is 15.5 Å². The topological polar surface area (TPSA) is 120 Å². The molecule has 0 spiro atoms. The fourth-order valence-electron chi connectivity index (χ4n) is 3.61. The van der Waals surface area contributed by atoms with E-state index in [0.717, 1.165) is 41.3 Å². The number of pyridine rings is 2. The lowest BCUT2D eigenvalue weighted by molar-refractivity contribution is 0.129. The summed E-state index contributed by atoms with van der Waals surface area (Å²) in [7, 11) is 0. The zero-order valence-electron chi connectivity index (χ0n) is 17.8. The van der Waals surface area contributed by atoms with Gasteiger partial charge in [-0.05, 0) is 37.5 Å². The highest BCUT2D eigenvalue weighted by molar-refractivity contribution is 5.89. The quantitative estimate of drug-likeness (QED) is 0.431. The molecule has 0 unspecified atom stereocenters. The molecule has 1 aliphatic rings. The minimum absolute atomic E-state index is 0.280. The number of urea groups is 1. The number of nitrogen functional groups attached to an aromatic ring is 1. The van der Waals surface area contributed by atoms with Crippen molar-refractivity contribution >= 4 is 28.6 Å². The Morgan fingerprint density at radius 1 is 1.32 bits per heavy atom. The molecule has 4 N–H and O–H groups in total. The van der Waals surface area contributed by atoms with Crippen LogP contribution in [0.25, 0.3) is 11.0 Å². The first kappa shape index (κ1) is 21.0. The van der Waals surface area contributed by atoms with Crippen molar-refractivity contribution < 1.29 is 9.53 Å². The molecule has 0 radical (unpaired) electrons. The Balaban J connectivity index is 1.27. The van der Waals surface area contributed by atoms with Gasteiger partial charge in [-0.15, -0.1) is 0 Å². The molecule has 1 saturated carbocycles. The zero-order chi connectivity index (χ0) is 21.6. The van der Waals surface area contributed by atoms with E-state index in [1.165, 1.54) is 12.8 Å². The minimum atomic E-state index is -0.280. The molecule has 31 heavy (non-hydrogen) atoms. The molecule has 0 aromatic carbocycles. The molecule has 164 valence electrons. The third kappa shape index (κ3) is 5.69. The van der Waals surface area contributed by atoms with Crippen molar-refractivity contribution in [1.29, 1.82) is 0 Å². The van der Waals surface area contributed by atoms with Gasteiger partial charge < -0.3 is 25.7 Å². The second kappa shape index (κ2) is 9.74. The smallest absolute Gasteiger partial charge is 0.319 e. The number of carbonyl (C=O) groups excluding carboxylic acids is 1. The van der Waals surface area contributed by atoms with Crippen LogP contribution in [0.15, 0.2) is 30.6 Å². The molecular formula is C22H29N7O2. The molecule has 4 rings (SSSR count). The average molecular weight is 424 g/mol. The summed E-state index contributed by atoms with van der Waals surface area (Å²) in [5, 5.41) is 5.50. The van der Waals surface area contributed by atoms with Gasteiger partial charge in [0.05, 0.1) is 30.6 Å². The molecule has 0 saturated heterocycles. The van der Waals surface area contributed by atoms with E-state index in [-0.39, 0.29) is 6.03 Å². The predicted octanol–water partition coefficient (Wildman–Crippen LogP) is 2.90. The van der Waals surface area contributed by atoms with Crippen LogP contribution in [-0.2, 0) is 17.7 Å². The molecule has 0 atom stereocenters. The summed E-state index contributed by atoms with van der Waals surface area (Å²) in [6.45, 7) is 3.99. The lowest BCUT2D eigenvalue weighted by Crippen LogP contribution is -2.31. The molecule has 9 heteroatoms. The molecule has 3 heterocycles. The third-order valence-electron chi connectivity index (χ3n) is 5.35. The van der Waals surface area contributed by atoms with Crippen LogP contribution in [0.2, 0.25) is 0 Å². The molecular weight excluding hydrogens is 394 g/mol. The van der Waals surface area contributed by atoms with Crippen LogP contribution >= 0.6 is 0 Å². The lowest BCUT2D eigenvalue weighted by Gasteiger charge is -2.11. The number of amides is 2. The summed E-state index contributed by atoms with van der Waals surface area (Å²) in [4.78, 5) is 25.0. The fraction of sp³-hybridized carbons (Fsp3) is 0.455. The number of hydrogen-bond acceptors (Lipinski definition) is 6. The fourth-order valence-corrected chi connectivity index (χ4v) is 3.61. The van der Waals surface area contributed by atoms with Gasteiger partial charge in [-0.1, -0.05) is 12.8 Å². The minimum Gasteiger partial charge on any atom is -0.382 e. The monoisotopic (exact) mass is 423 g/mol. The predicted molar refractivity (Wildman–Crippen MR) is 120 cm³/mol. The van der Waals surface area contributed by atoms with E-state index in [1.54, 1.807) is 24.5 Å². The first-order chi connectivity index (χ1) is 15.1. The number of nitrogens with two attached hydrogens (primary N) is 1. The molecule has 3 aromatic heterocycles. The van der Waals surface area contributed by atoms with Crippen LogP contribution in [0.4, 0.5) is 16.3 Å². The van der Waals surface area contributed by atoms with Crippen LogP contribution in [0.5, 0.6) is 0 Å². The van der Waals surface area contributed by atoms with Crippen molar-refractivity contribution in [2.75, 3.05) is 30.8 Å². The Morgan fingerprint density at radius 2 is 2.19 bits per heavy atom. The Bertz CT molecular complexity index is 1030. The second-order valence-electron chi connectivity index (χ2n) is 7.91. The first-order valence-corrected chi connectivity index (χ1v) is 10.7. The van der Waals surface area contributed by atoms with Crippen molar-refractivity contribution in [3.63, 3.8) is 0 Å². The van der Waals surface area contributed by atoms with E-state index in [2.05, 4.69) is 25.2 Å². The van der Waals surface area contributed by atoms with Gasteiger partial charge >= 0.3 is 6.03 Å². The normalized spacial score (nSPS) is 13.5. The number of anilines is 2. The Kier molecular flexibility index (Phi) is 6.61. The molecule has 0 bridgehead atoms. The van der Waals surface area contributed by atoms with Crippen molar-refractivity contribution in [2.24, 2.45) is 5.92 Å². The average Bonchev–Trinajstić information content (AvgIpc) is 3.51.